The second kappa shape index (κ2) is 8.41. The van der Waals surface area contributed by atoms with Gasteiger partial charge in [-0.05, 0) is 42.3 Å². The van der Waals surface area contributed by atoms with Gasteiger partial charge in [0.15, 0.2) is 5.84 Å². The maximum atomic E-state index is 14.1. The van der Waals surface area contributed by atoms with Gasteiger partial charge in [-0.1, -0.05) is 30.3 Å². The molecule has 1 N–H and O–H groups in total. The number of aliphatic hydroxyl groups excluding tert-OH is 1. The van der Waals surface area contributed by atoms with Crippen LogP contribution in [0, 0.1) is 5.82 Å². The van der Waals surface area contributed by atoms with Gasteiger partial charge in [0, 0.05) is 18.7 Å². The van der Waals surface area contributed by atoms with Crippen LogP contribution in [0.25, 0.3) is 0 Å². The normalized spacial score (nSPS) is 15.6. The average Bonchev–Trinajstić information content (AvgIpc) is 2.77. The van der Waals surface area contributed by atoms with Crippen LogP contribution in [0.4, 0.5) is 10.1 Å². The molecule has 0 amide bonds. The zero-order valence-corrected chi connectivity index (χ0v) is 16.1. The van der Waals surface area contributed by atoms with Crippen molar-refractivity contribution in [3.05, 3.63) is 89.5 Å². The lowest BCUT2D eigenvalue weighted by Gasteiger charge is -2.38. The highest BCUT2D eigenvalue weighted by Crippen LogP contribution is 2.40. The molecule has 0 saturated heterocycles. The molecule has 1 aromatic heterocycles. The molecule has 3 aromatic rings. The summed E-state index contributed by atoms with van der Waals surface area (Å²) in [7, 11) is 1.60. The van der Waals surface area contributed by atoms with E-state index in [1.54, 1.807) is 25.4 Å². The molecule has 2 heterocycles. The summed E-state index contributed by atoms with van der Waals surface area (Å²) in [4.78, 5) is 11.4. The van der Waals surface area contributed by atoms with Crippen LogP contribution in [0.15, 0.2) is 71.9 Å². The molecule has 2 aromatic carbocycles. The van der Waals surface area contributed by atoms with Gasteiger partial charge in [0.25, 0.3) is 0 Å². The Morgan fingerprint density at radius 3 is 2.62 bits per heavy atom. The minimum absolute atomic E-state index is 0.0529. The van der Waals surface area contributed by atoms with E-state index in [1.165, 1.54) is 6.07 Å². The topological polar surface area (TPSA) is 58.0 Å². The minimum Gasteiger partial charge on any atom is -0.495 e. The Hall–Kier alpha value is -3.25. The van der Waals surface area contributed by atoms with Crippen LogP contribution in [-0.2, 0) is 0 Å². The number of fused-ring (bicyclic) bond motifs is 1. The number of rotatable bonds is 6. The van der Waals surface area contributed by atoms with Gasteiger partial charge < -0.3 is 14.7 Å². The monoisotopic (exact) mass is 391 g/mol. The third-order valence-corrected chi connectivity index (χ3v) is 4.97. The van der Waals surface area contributed by atoms with E-state index in [2.05, 4.69) is 9.88 Å². The lowest BCUT2D eigenvalue weighted by Crippen LogP contribution is -2.39. The molecule has 0 radical (unpaired) electrons. The highest BCUT2D eigenvalue weighted by Gasteiger charge is 2.32. The van der Waals surface area contributed by atoms with Crippen molar-refractivity contribution in [2.45, 2.75) is 12.5 Å². The van der Waals surface area contributed by atoms with E-state index in [4.69, 9.17) is 9.73 Å². The highest BCUT2D eigenvalue weighted by atomic mass is 19.1. The SMILES string of the molecule is COc1ccc(C2=Nc3ccc(F)cc3C(c3ccccc3)N2CCCO)nc1. The lowest BCUT2D eigenvalue weighted by atomic mass is 9.93. The lowest BCUT2D eigenvalue weighted by molar-refractivity contribution is 0.254. The van der Waals surface area contributed by atoms with E-state index in [0.29, 0.717) is 35.9 Å². The van der Waals surface area contributed by atoms with Crippen LogP contribution in [-0.4, -0.2) is 41.1 Å². The predicted octanol–water partition coefficient (Wildman–Crippen LogP) is 4.10. The first kappa shape index (κ1) is 19.1. The van der Waals surface area contributed by atoms with E-state index in [9.17, 15) is 9.50 Å². The largest absolute Gasteiger partial charge is 0.495 e. The van der Waals surface area contributed by atoms with Gasteiger partial charge in [-0.2, -0.15) is 0 Å². The van der Waals surface area contributed by atoms with Crippen molar-refractivity contribution in [2.75, 3.05) is 20.3 Å². The number of hydrogen-bond acceptors (Lipinski definition) is 5. The third-order valence-electron chi connectivity index (χ3n) is 4.97. The van der Waals surface area contributed by atoms with E-state index in [-0.39, 0.29) is 18.5 Å². The number of aliphatic imine (C=N–C) groups is 1. The van der Waals surface area contributed by atoms with Gasteiger partial charge >= 0.3 is 0 Å². The number of amidine groups is 1. The predicted molar refractivity (Wildman–Crippen MR) is 110 cm³/mol. The molecule has 6 heteroatoms. The maximum Gasteiger partial charge on any atom is 0.156 e. The van der Waals surface area contributed by atoms with Crippen molar-refractivity contribution in [3.63, 3.8) is 0 Å². The summed E-state index contributed by atoms with van der Waals surface area (Å²) in [6.45, 7) is 0.607. The van der Waals surface area contributed by atoms with E-state index in [1.807, 2.05) is 42.5 Å². The summed E-state index contributed by atoms with van der Waals surface area (Å²) in [6.07, 6.45) is 2.21. The molecular weight excluding hydrogens is 369 g/mol. The molecule has 1 atom stereocenters. The number of hydrogen-bond donors (Lipinski definition) is 1. The number of halogens is 1. The van der Waals surface area contributed by atoms with Crippen molar-refractivity contribution in [1.29, 1.82) is 0 Å². The molecule has 5 nitrogen and oxygen atoms in total. The Labute approximate surface area is 169 Å². The summed E-state index contributed by atoms with van der Waals surface area (Å²) >= 11 is 0. The molecule has 1 aliphatic rings. The van der Waals surface area contributed by atoms with E-state index in [0.717, 1.165) is 11.1 Å². The zero-order valence-electron chi connectivity index (χ0n) is 16.1. The summed E-state index contributed by atoms with van der Waals surface area (Å²) in [5.74, 6) is 1.05. The number of ether oxygens (including phenoxy) is 1. The fourth-order valence-corrected chi connectivity index (χ4v) is 3.62. The minimum atomic E-state index is -0.298. The van der Waals surface area contributed by atoms with Crippen LogP contribution in [0.2, 0.25) is 0 Å². The number of aromatic nitrogens is 1. The molecule has 1 aliphatic heterocycles. The number of aliphatic hydroxyl groups is 1. The van der Waals surface area contributed by atoms with Crippen LogP contribution >= 0.6 is 0 Å². The summed E-state index contributed by atoms with van der Waals surface area (Å²) in [5, 5.41) is 9.46. The molecule has 1 unspecified atom stereocenters. The summed E-state index contributed by atoms with van der Waals surface area (Å²) in [5.41, 5.74) is 3.23. The Morgan fingerprint density at radius 2 is 1.93 bits per heavy atom. The van der Waals surface area contributed by atoms with Crippen molar-refractivity contribution in [1.82, 2.24) is 9.88 Å². The number of pyridine rings is 1. The maximum absolute atomic E-state index is 14.1. The fourth-order valence-electron chi connectivity index (χ4n) is 3.62. The van der Waals surface area contributed by atoms with Gasteiger partial charge in [0.05, 0.1) is 25.0 Å². The van der Waals surface area contributed by atoms with Crippen LogP contribution in [0.1, 0.15) is 29.3 Å². The summed E-state index contributed by atoms with van der Waals surface area (Å²) < 4.78 is 19.4. The van der Waals surface area contributed by atoms with Gasteiger partial charge in [-0.3, -0.25) is 0 Å². The van der Waals surface area contributed by atoms with Gasteiger partial charge in [0.1, 0.15) is 17.3 Å². The molecule has 29 heavy (non-hydrogen) atoms. The van der Waals surface area contributed by atoms with Crippen LogP contribution in [0.3, 0.4) is 0 Å². The molecular formula is C23H22FN3O2. The highest BCUT2D eigenvalue weighted by molar-refractivity contribution is 6.00. The fraction of sp³-hybridized carbons (Fsp3) is 0.217. The zero-order chi connectivity index (χ0) is 20.2. The average molecular weight is 391 g/mol. The van der Waals surface area contributed by atoms with Gasteiger partial charge in [-0.25, -0.2) is 14.4 Å². The Kier molecular flexibility index (Phi) is 5.53. The van der Waals surface area contributed by atoms with Gasteiger partial charge in [-0.15, -0.1) is 0 Å². The molecule has 0 spiro atoms. The van der Waals surface area contributed by atoms with Gasteiger partial charge in [0.2, 0.25) is 0 Å². The molecule has 0 bridgehead atoms. The molecule has 0 fully saturated rings. The third kappa shape index (κ3) is 3.84. The molecule has 0 aliphatic carbocycles. The Morgan fingerprint density at radius 1 is 1.10 bits per heavy atom. The number of nitrogens with zero attached hydrogens (tertiary/aromatic N) is 3. The smallest absolute Gasteiger partial charge is 0.156 e. The molecule has 4 rings (SSSR count). The molecule has 0 saturated carbocycles. The van der Waals surface area contributed by atoms with Crippen LogP contribution < -0.4 is 4.74 Å². The van der Waals surface area contributed by atoms with Crippen LogP contribution in [0.5, 0.6) is 5.75 Å². The molecule has 148 valence electrons. The van der Waals surface area contributed by atoms with Crippen molar-refractivity contribution in [3.8, 4) is 5.75 Å². The second-order valence-electron chi connectivity index (χ2n) is 6.81. The summed E-state index contributed by atoms with van der Waals surface area (Å²) in [6, 6.07) is 18.1. The quantitative estimate of drug-likeness (QED) is 0.688. The first-order valence-corrected chi connectivity index (χ1v) is 9.52. The van der Waals surface area contributed by atoms with Crippen molar-refractivity contribution in [2.24, 2.45) is 4.99 Å². The van der Waals surface area contributed by atoms with Crippen molar-refractivity contribution >= 4 is 11.5 Å². The number of methoxy groups -OCH3 is 1. The Bertz CT molecular complexity index is 1010. The first-order chi connectivity index (χ1) is 14.2. The standard InChI is InChI=1S/C23H22FN3O2/c1-29-18-9-11-21(25-15-18)23-26-20-10-8-17(24)14-19(20)22(27(23)12-5-13-28)16-6-3-2-4-7-16/h2-4,6-11,14-15,22,28H,5,12-13H2,1H3. The van der Waals surface area contributed by atoms with E-state index >= 15 is 0 Å². The first-order valence-electron chi connectivity index (χ1n) is 9.52. The number of benzene rings is 2. The van der Waals surface area contributed by atoms with Crippen molar-refractivity contribution < 1.29 is 14.2 Å². The van der Waals surface area contributed by atoms with E-state index < -0.39 is 0 Å². The Balaban J connectivity index is 1.89. The second-order valence-corrected chi connectivity index (χ2v) is 6.81.